The Morgan fingerprint density at radius 1 is 1.02 bits per heavy atom. The van der Waals surface area contributed by atoms with E-state index >= 15 is 0 Å². The van der Waals surface area contributed by atoms with Gasteiger partial charge in [-0.3, -0.25) is 14.6 Å². The first kappa shape index (κ1) is 29.5. The summed E-state index contributed by atoms with van der Waals surface area (Å²) in [6.45, 7) is 4.00. The number of fused-ring (bicyclic) bond motifs is 2. The van der Waals surface area contributed by atoms with E-state index in [0.717, 1.165) is 10.8 Å². The van der Waals surface area contributed by atoms with Crippen LogP contribution >= 0.6 is 0 Å². The normalized spacial score (nSPS) is 17.2. The standard InChI is InChI=1S/C33H35N5O5/c1-21-18-38(22(2)20-39)32(41)26-11-7-13-28(35-31(40)24-14-16-34-17-15-24)30(26)43-29(21)19-37(3)33(42)36-27-12-6-9-23-8-4-5-10-25(23)27/h4-17,21-22,29,39H,18-20H2,1-3H3,(H,35,40)(H,36,42)/t21-,22-,29+/m0/s1. The van der Waals surface area contributed by atoms with Gasteiger partial charge < -0.3 is 30.3 Å². The second kappa shape index (κ2) is 12.9. The molecule has 0 aliphatic carbocycles. The highest BCUT2D eigenvalue weighted by Crippen LogP contribution is 2.35. The molecule has 222 valence electrons. The fourth-order valence-electron chi connectivity index (χ4n) is 5.16. The molecule has 4 amide bonds. The number of nitrogens with zero attached hydrogens (tertiary/aromatic N) is 3. The summed E-state index contributed by atoms with van der Waals surface area (Å²) in [6.07, 6.45) is 2.49. The van der Waals surface area contributed by atoms with E-state index in [2.05, 4.69) is 15.6 Å². The number of para-hydroxylation sites is 1. The molecule has 3 N–H and O–H groups in total. The van der Waals surface area contributed by atoms with Crippen LogP contribution in [0.15, 0.2) is 85.2 Å². The maximum atomic E-state index is 13.7. The number of hydrogen-bond acceptors (Lipinski definition) is 6. The van der Waals surface area contributed by atoms with Crippen LogP contribution in [-0.2, 0) is 0 Å². The van der Waals surface area contributed by atoms with Crippen LogP contribution in [0.3, 0.4) is 0 Å². The lowest BCUT2D eigenvalue weighted by molar-refractivity contribution is 0.0372. The number of hydrogen-bond donors (Lipinski definition) is 3. The summed E-state index contributed by atoms with van der Waals surface area (Å²) in [5, 5.41) is 17.8. The van der Waals surface area contributed by atoms with Crippen molar-refractivity contribution in [2.45, 2.75) is 26.0 Å². The Morgan fingerprint density at radius 3 is 2.49 bits per heavy atom. The third kappa shape index (κ3) is 6.44. The van der Waals surface area contributed by atoms with Gasteiger partial charge in [0.2, 0.25) is 0 Å². The molecule has 1 aromatic heterocycles. The third-order valence-corrected chi connectivity index (χ3v) is 7.71. The number of benzene rings is 3. The number of aromatic nitrogens is 1. The molecular weight excluding hydrogens is 546 g/mol. The van der Waals surface area contributed by atoms with Gasteiger partial charge in [0.05, 0.1) is 36.1 Å². The average molecular weight is 582 g/mol. The summed E-state index contributed by atoms with van der Waals surface area (Å²) in [6, 6.07) is 21.0. The quantitative estimate of drug-likeness (QED) is 0.286. The number of anilines is 2. The second-order valence-corrected chi connectivity index (χ2v) is 10.8. The molecule has 0 bridgehead atoms. The molecule has 3 atom stereocenters. The van der Waals surface area contributed by atoms with Crippen molar-refractivity contribution in [2.75, 3.05) is 37.4 Å². The van der Waals surface area contributed by atoms with E-state index in [1.807, 2.05) is 49.4 Å². The van der Waals surface area contributed by atoms with E-state index in [9.17, 15) is 19.5 Å². The minimum Gasteiger partial charge on any atom is -0.485 e. The van der Waals surface area contributed by atoms with Gasteiger partial charge in [-0.15, -0.1) is 0 Å². The fourth-order valence-corrected chi connectivity index (χ4v) is 5.16. The molecule has 0 radical (unpaired) electrons. The molecule has 1 aliphatic rings. The smallest absolute Gasteiger partial charge is 0.321 e. The van der Waals surface area contributed by atoms with Crippen molar-refractivity contribution in [2.24, 2.45) is 5.92 Å². The van der Waals surface area contributed by atoms with Gasteiger partial charge in [0.25, 0.3) is 11.8 Å². The minimum atomic E-state index is -0.553. The lowest BCUT2D eigenvalue weighted by Crippen LogP contribution is -2.50. The highest BCUT2D eigenvalue weighted by Gasteiger charge is 2.35. The SMILES string of the molecule is C[C@H]1CN([C@@H](C)CO)C(=O)c2cccc(NC(=O)c3ccncc3)c2O[C@@H]1CN(C)C(=O)Nc1cccc2ccccc12. The van der Waals surface area contributed by atoms with Gasteiger partial charge in [-0.1, -0.05) is 49.4 Å². The highest BCUT2D eigenvalue weighted by molar-refractivity contribution is 6.07. The summed E-state index contributed by atoms with van der Waals surface area (Å²) in [5.41, 5.74) is 1.68. The van der Waals surface area contributed by atoms with E-state index in [1.54, 1.807) is 54.1 Å². The van der Waals surface area contributed by atoms with Crippen LogP contribution in [-0.4, -0.2) is 76.6 Å². The van der Waals surface area contributed by atoms with Crippen LogP contribution in [0.2, 0.25) is 0 Å². The zero-order valence-electron chi connectivity index (χ0n) is 24.4. The van der Waals surface area contributed by atoms with E-state index in [4.69, 9.17) is 4.74 Å². The van der Waals surface area contributed by atoms with Crippen LogP contribution in [0.25, 0.3) is 10.8 Å². The highest BCUT2D eigenvalue weighted by atomic mass is 16.5. The number of urea groups is 1. The summed E-state index contributed by atoms with van der Waals surface area (Å²) < 4.78 is 6.53. The topological polar surface area (TPSA) is 124 Å². The van der Waals surface area contributed by atoms with Crippen molar-refractivity contribution in [3.8, 4) is 5.75 Å². The number of carbonyl (C=O) groups is 3. The molecular formula is C33H35N5O5. The monoisotopic (exact) mass is 581 g/mol. The van der Waals surface area contributed by atoms with Crippen LogP contribution in [0, 0.1) is 5.92 Å². The Labute approximate surface area is 250 Å². The van der Waals surface area contributed by atoms with Crippen molar-refractivity contribution in [1.29, 1.82) is 0 Å². The Balaban J connectivity index is 1.44. The zero-order valence-corrected chi connectivity index (χ0v) is 24.4. The number of likely N-dealkylation sites (N-methyl/N-ethyl adjacent to an activating group) is 1. The van der Waals surface area contributed by atoms with Crippen molar-refractivity contribution in [3.05, 3.63) is 96.3 Å². The second-order valence-electron chi connectivity index (χ2n) is 10.8. The minimum absolute atomic E-state index is 0.194. The van der Waals surface area contributed by atoms with Crippen molar-refractivity contribution in [3.63, 3.8) is 0 Å². The first-order valence-corrected chi connectivity index (χ1v) is 14.2. The van der Waals surface area contributed by atoms with Crippen molar-refractivity contribution >= 4 is 40.0 Å². The molecule has 2 heterocycles. The molecule has 10 nitrogen and oxygen atoms in total. The van der Waals surface area contributed by atoms with Crippen LogP contribution in [0.5, 0.6) is 5.75 Å². The van der Waals surface area contributed by atoms with E-state index in [0.29, 0.717) is 23.5 Å². The molecule has 0 unspecified atom stereocenters. The summed E-state index contributed by atoms with van der Waals surface area (Å²) in [5.74, 6) is -0.720. The van der Waals surface area contributed by atoms with Crippen LogP contribution in [0.4, 0.5) is 16.2 Å². The molecule has 0 fully saturated rings. The van der Waals surface area contributed by atoms with Crippen LogP contribution in [0.1, 0.15) is 34.6 Å². The molecule has 0 saturated heterocycles. The lowest BCUT2D eigenvalue weighted by atomic mass is 9.99. The average Bonchev–Trinajstić information content (AvgIpc) is 3.03. The maximum Gasteiger partial charge on any atom is 0.321 e. The zero-order chi connectivity index (χ0) is 30.5. The van der Waals surface area contributed by atoms with E-state index in [-0.39, 0.29) is 48.2 Å². The third-order valence-electron chi connectivity index (χ3n) is 7.71. The van der Waals surface area contributed by atoms with Gasteiger partial charge in [-0.25, -0.2) is 4.79 Å². The van der Waals surface area contributed by atoms with Gasteiger partial charge in [-0.2, -0.15) is 0 Å². The van der Waals surface area contributed by atoms with Gasteiger partial charge in [-0.05, 0) is 42.6 Å². The fraction of sp³-hybridized carbons (Fsp3) is 0.273. The number of aliphatic hydroxyl groups excluding tert-OH is 1. The molecule has 5 rings (SSSR count). The molecule has 43 heavy (non-hydrogen) atoms. The first-order valence-electron chi connectivity index (χ1n) is 14.2. The number of amides is 4. The Kier molecular flexibility index (Phi) is 8.87. The first-order chi connectivity index (χ1) is 20.8. The van der Waals surface area contributed by atoms with E-state index in [1.165, 1.54) is 12.4 Å². The summed E-state index contributed by atoms with van der Waals surface area (Å²) in [7, 11) is 1.69. The Morgan fingerprint density at radius 2 is 1.72 bits per heavy atom. The number of pyridine rings is 1. The van der Waals surface area contributed by atoms with Gasteiger partial charge in [0.1, 0.15) is 6.10 Å². The number of nitrogens with one attached hydrogen (secondary N) is 2. The van der Waals surface area contributed by atoms with Crippen molar-refractivity contribution in [1.82, 2.24) is 14.8 Å². The van der Waals surface area contributed by atoms with Crippen LogP contribution < -0.4 is 15.4 Å². The molecule has 0 saturated carbocycles. The number of ether oxygens (including phenoxy) is 1. The summed E-state index contributed by atoms with van der Waals surface area (Å²) in [4.78, 5) is 47.3. The van der Waals surface area contributed by atoms with E-state index < -0.39 is 12.1 Å². The number of rotatable bonds is 7. The van der Waals surface area contributed by atoms with Gasteiger partial charge in [0, 0.05) is 42.9 Å². The summed E-state index contributed by atoms with van der Waals surface area (Å²) >= 11 is 0. The number of aliphatic hydroxyl groups is 1. The van der Waals surface area contributed by atoms with Crippen molar-refractivity contribution < 1.29 is 24.2 Å². The number of carbonyl (C=O) groups excluding carboxylic acids is 3. The van der Waals surface area contributed by atoms with Gasteiger partial charge >= 0.3 is 6.03 Å². The largest absolute Gasteiger partial charge is 0.485 e. The Hall–Kier alpha value is -4.96. The molecule has 3 aromatic carbocycles. The molecule has 10 heteroatoms. The lowest BCUT2D eigenvalue weighted by Gasteiger charge is -2.38. The predicted octanol–water partition coefficient (Wildman–Crippen LogP) is 4.87. The maximum absolute atomic E-state index is 13.7. The molecule has 0 spiro atoms. The molecule has 1 aliphatic heterocycles. The molecule has 4 aromatic rings. The Bertz CT molecular complexity index is 1620. The predicted molar refractivity (Wildman–Crippen MR) is 165 cm³/mol. The van der Waals surface area contributed by atoms with Gasteiger partial charge in [0.15, 0.2) is 5.75 Å².